The molecule has 6 nitrogen and oxygen atoms in total. The van der Waals surface area contributed by atoms with Crippen molar-refractivity contribution in [1.82, 2.24) is 20.1 Å². The second-order valence-electron chi connectivity index (χ2n) is 8.37. The maximum absolute atomic E-state index is 12.8. The second kappa shape index (κ2) is 8.05. The van der Waals surface area contributed by atoms with Crippen LogP contribution in [0.3, 0.4) is 0 Å². The van der Waals surface area contributed by atoms with E-state index in [1.807, 2.05) is 19.1 Å². The fourth-order valence-electron chi connectivity index (χ4n) is 4.65. The van der Waals surface area contributed by atoms with Crippen LogP contribution in [0.5, 0.6) is 0 Å². The number of nitrogens with zero attached hydrogens (tertiary/aromatic N) is 2. The second-order valence-corrected chi connectivity index (χ2v) is 8.37. The maximum atomic E-state index is 12.8. The van der Waals surface area contributed by atoms with Crippen molar-refractivity contribution >= 4 is 16.8 Å². The first kappa shape index (κ1) is 19.2. The highest BCUT2D eigenvalue weighted by Gasteiger charge is 2.29. The number of hydrogen-bond donors (Lipinski definition) is 2. The molecule has 1 aromatic heterocycles. The minimum atomic E-state index is -0.264. The highest BCUT2D eigenvalue weighted by Crippen LogP contribution is 2.21. The number of aromatic amines is 1. The van der Waals surface area contributed by atoms with E-state index in [9.17, 15) is 9.59 Å². The molecule has 1 atom stereocenters. The number of amides is 1. The molecule has 0 spiro atoms. The van der Waals surface area contributed by atoms with Gasteiger partial charge in [-0.25, -0.2) is 0 Å². The predicted molar refractivity (Wildman–Crippen MR) is 112 cm³/mol. The third-order valence-electron chi connectivity index (χ3n) is 6.36. The van der Waals surface area contributed by atoms with Gasteiger partial charge in [0.2, 0.25) is 5.43 Å². The summed E-state index contributed by atoms with van der Waals surface area (Å²) >= 11 is 0. The average Bonchev–Trinajstić information content (AvgIpc) is 2.69. The van der Waals surface area contributed by atoms with Crippen LogP contribution in [0, 0.1) is 6.92 Å². The normalized spacial score (nSPS) is 22.4. The summed E-state index contributed by atoms with van der Waals surface area (Å²) in [5.74, 6) is -0.264. The van der Waals surface area contributed by atoms with Gasteiger partial charge >= 0.3 is 0 Å². The highest BCUT2D eigenvalue weighted by molar-refractivity contribution is 5.97. The number of likely N-dealkylation sites (tertiary alicyclic amines) is 2. The molecule has 0 aliphatic carbocycles. The van der Waals surface area contributed by atoms with Gasteiger partial charge in [-0.05, 0) is 70.9 Å². The minimum absolute atomic E-state index is 0.105. The first-order valence-corrected chi connectivity index (χ1v) is 10.4. The number of aryl methyl sites for hydroxylation is 1. The summed E-state index contributed by atoms with van der Waals surface area (Å²) in [4.78, 5) is 33.7. The van der Waals surface area contributed by atoms with Crippen LogP contribution in [0.15, 0.2) is 29.2 Å². The van der Waals surface area contributed by atoms with Crippen LogP contribution in [-0.2, 0) is 0 Å². The number of rotatable bonds is 3. The number of carbonyl (C=O) groups excluding carboxylic acids is 1. The van der Waals surface area contributed by atoms with Crippen molar-refractivity contribution in [3.63, 3.8) is 0 Å². The zero-order valence-electron chi connectivity index (χ0n) is 16.8. The lowest BCUT2D eigenvalue weighted by molar-refractivity contribution is 0.0765. The quantitative estimate of drug-likeness (QED) is 0.853. The van der Waals surface area contributed by atoms with Crippen molar-refractivity contribution in [2.75, 3.05) is 33.2 Å². The molecule has 4 rings (SSSR count). The predicted octanol–water partition coefficient (Wildman–Crippen LogP) is 2.12. The number of benzene rings is 1. The lowest BCUT2D eigenvalue weighted by atomic mass is 9.98. The smallest absolute Gasteiger partial charge is 0.257 e. The number of piperidine rings is 2. The van der Waals surface area contributed by atoms with Crippen molar-refractivity contribution in [2.45, 2.75) is 44.7 Å². The van der Waals surface area contributed by atoms with E-state index < -0.39 is 0 Å². The minimum Gasteiger partial charge on any atom is -0.360 e. The molecule has 0 saturated carbocycles. The third-order valence-corrected chi connectivity index (χ3v) is 6.36. The Morgan fingerprint density at radius 3 is 2.75 bits per heavy atom. The summed E-state index contributed by atoms with van der Waals surface area (Å²) in [7, 11) is 2.18. The molecular weight excluding hydrogens is 352 g/mol. The van der Waals surface area contributed by atoms with Gasteiger partial charge in [-0.15, -0.1) is 0 Å². The Hall–Kier alpha value is -2.18. The molecule has 2 aromatic rings. The van der Waals surface area contributed by atoms with Gasteiger partial charge in [-0.3, -0.25) is 14.5 Å². The molecule has 3 heterocycles. The Labute approximate surface area is 165 Å². The fourth-order valence-corrected chi connectivity index (χ4v) is 4.65. The molecule has 1 aromatic carbocycles. The van der Waals surface area contributed by atoms with Gasteiger partial charge in [-0.2, -0.15) is 0 Å². The van der Waals surface area contributed by atoms with Crippen molar-refractivity contribution in [1.29, 1.82) is 0 Å². The Bertz CT molecular complexity index is 914. The number of pyridine rings is 1. The van der Waals surface area contributed by atoms with Crippen LogP contribution in [-0.4, -0.2) is 66.0 Å². The molecule has 2 N–H and O–H groups in total. The van der Waals surface area contributed by atoms with Crippen LogP contribution in [0.1, 0.15) is 41.6 Å². The van der Waals surface area contributed by atoms with Crippen molar-refractivity contribution in [2.24, 2.45) is 0 Å². The van der Waals surface area contributed by atoms with Crippen LogP contribution < -0.4 is 10.7 Å². The van der Waals surface area contributed by atoms with Gasteiger partial charge < -0.3 is 15.2 Å². The number of H-pyrrole nitrogens is 1. The van der Waals surface area contributed by atoms with Crippen LogP contribution in [0.25, 0.3) is 10.9 Å². The van der Waals surface area contributed by atoms with E-state index in [2.05, 4.69) is 27.1 Å². The fraction of sp³-hybridized carbons (Fsp3) is 0.545. The molecule has 6 heteroatoms. The Morgan fingerprint density at radius 2 is 1.96 bits per heavy atom. The van der Waals surface area contributed by atoms with E-state index in [0.29, 0.717) is 11.4 Å². The van der Waals surface area contributed by atoms with E-state index in [1.165, 1.54) is 12.8 Å². The summed E-state index contributed by atoms with van der Waals surface area (Å²) in [5.41, 5.74) is 1.81. The molecule has 0 bridgehead atoms. The maximum Gasteiger partial charge on any atom is 0.257 e. The van der Waals surface area contributed by atoms with Crippen molar-refractivity contribution in [3.8, 4) is 0 Å². The van der Waals surface area contributed by atoms with Gasteiger partial charge in [0.1, 0.15) is 5.56 Å². The van der Waals surface area contributed by atoms with E-state index in [-0.39, 0.29) is 22.9 Å². The van der Waals surface area contributed by atoms with Gasteiger partial charge in [-0.1, -0.05) is 12.1 Å². The molecule has 0 radical (unpaired) electrons. The third kappa shape index (κ3) is 3.84. The summed E-state index contributed by atoms with van der Waals surface area (Å²) < 4.78 is 0. The Balaban J connectivity index is 1.45. The first-order valence-electron chi connectivity index (χ1n) is 10.4. The van der Waals surface area contributed by atoms with Crippen molar-refractivity contribution in [3.05, 3.63) is 45.7 Å². The summed E-state index contributed by atoms with van der Waals surface area (Å²) in [6.45, 7) is 6.23. The van der Waals surface area contributed by atoms with Gasteiger partial charge in [0.05, 0.1) is 5.52 Å². The molecule has 2 fully saturated rings. The van der Waals surface area contributed by atoms with Gasteiger partial charge in [0, 0.05) is 30.2 Å². The number of para-hydroxylation sites is 1. The number of hydrogen-bond acceptors (Lipinski definition) is 4. The van der Waals surface area contributed by atoms with Crippen LogP contribution >= 0.6 is 0 Å². The molecule has 150 valence electrons. The van der Waals surface area contributed by atoms with Gasteiger partial charge in [0.15, 0.2) is 0 Å². The van der Waals surface area contributed by atoms with Gasteiger partial charge in [0.25, 0.3) is 5.91 Å². The van der Waals surface area contributed by atoms with Crippen LogP contribution in [0.4, 0.5) is 0 Å². The van der Waals surface area contributed by atoms with E-state index in [0.717, 1.165) is 50.1 Å². The molecule has 0 unspecified atom stereocenters. The topological polar surface area (TPSA) is 68.4 Å². The zero-order valence-corrected chi connectivity index (χ0v) is 16.8. The van der Waals surface area contributed by atoms with E-state index in [1.54, 1.807) is 12.3 Å². The number of nitrogens with one attached hydrogen (secondary N) is 2. The molecule has 28 heavy (non-hydrogen) atoms. The Morgan fingerprint density at radius 1 is 1.18 bits per heavy atom. The standard InChI is InChI=1S/C22H30N4O2/c1-15-5-3-7-18-20(15)23-13-19(21(18)27)22(28)24-16-6-4-10-26(14-16)17-8-11-25(2)12-9-17/h3,5,7,13,16-17H,4,6,8-12,14H2,1-2H3,(H,23,27)(H,24,28)/t16-/m1/s1. The highest BCUT2D eigenvalue weighted by atomic mass is 16.2. The molecule has 2 aliphatic rings. The molecule has 2 saturated heterocycles. The Kier molecular flexibility index (Phi) is 5.51. The summed E-state index contributed by atoms with van der Waals surface area (Å²) in [5, 5.41) is 3.70. The SMILES string of the molecule is Cc1cccc2c(=O)c(C(=O)N[C@@H]3CCCN(C4CCN(C)CC4)C3)c[nH]c12. The van der Waals surface area contributed by atoms with Crippen LogP contribution in [0.2, 0.25) is 0 Å². The summed E-state index contributed by atoms with van der Waals surface area (Å²) in [6.07, 6.45) is 6.01. The molecule has 2 aliphatic heterocycles. The largest absolute Gasteiger partial charge is 0.360 e. The van der Waals surface area contributed by atoms with Crippen molar-refractivity contribution < 1.29 is 4.79 Å². The molecular formula is C22H30N4O2. The monoisotopic (exact) mass is 382 g/mol. The zero-order chi connectivity index (χ0) is 19.7. The average molecular weight is 383 g/mol. The lowest BCUT2D eigenvalue weighted by Gasteiger charge is -2.41. The molecule has 1 amide bonds. The van der Waals surface area contributed by atoms with E-state index >= 15 is 0 Å². The lowest BCUT2D eigenvalue weighted by Crippen LogP contribution is -2.53. The number of carbonyl (C=O) groups is 1. The van der Waals surface area contributed by atoms with E-state index in [4.69, 9.17) is 0 Å². The number of aromatic nitrogens is 1. The first-order chi connectivity index (χ1) is 13.5. The number of fused-ring (bicyclic) bond motifs is 1. The summed E-state index contributed by atoms with van der Waals surface area (Å²) in [6, 6.07) is 6.31.